The fourth-order valence-electron chi connectivity index (χ4n) is 2.27. The van der Waals surface area contributed by atoms with Crippen LogP contribution in [0, 0.1) is 0 Å². The molecule has 0 aliphatic rings. The largest absolute Gasteiger partial charge is 0.469 e. The Kier molecular flexibility index (Phi) is 4.52. The maximum atomic E-state index is 12.1. The van der Waals surface area contributed by atoms with E-state index < -0.39 is 5.97 Å². The van der Waals surface area contributed by atoms with Crippen LogP contribution in [0.25, 0.3) is 10.9 Å². The van der Waals surface area contributed by atoms with E-state index in [1.807, 2.05) is 12.1 Å². The van der Waals surface area contributed by atoms with E-state index in [2.05, 4.69) is 4.98 Å². The highest BCUT2D eigenvalue weighted by Crippen LogP contribution is 2.26. The van der Waals surface area contributed by atoms with Crippen LogP contribution in [0.15, 0.2) is 60.7 Å². The number of ether oxygens (including phenoxy) is 2. The SMILES string of the molecule is CC(=O)Oc1cccc2ccc(OCC(=O)c3ccccc3)nc12. The van der Waals surface area contributed by atoms with E-state index in [4.69, 9.17) is 9.47 Å². The van der Waals surface area contributed by atoms with E-state index in [9.17, 15) is 9.59 Å². The Morgan fingerprint density at radius 1 is 0.958 bits per heavy atom. The van der Waals surface area contributed by atoms with Crippen LogP contribution in [0.2, 0.25) is 0 Å². The van der Waals surface area contributed by atoms with Gasteiger partial charge >= 0.3 is 5.97 Å². The van der Waals surface area contributed by atoms with Crippen molar-refractivity contribution in [2.24, 2.45) is 0 Å². The van der Waals surface area contributed by atoms with E-state index in [-0.39, 0.29) is 12.4 Å². The minimum absolute atomic E-state index is 0.113. The Labute approximate surface area is 138 Å². The van der Waals surface area contributed by atoms with Gasteiger partial charge in [0.15, 0.2) is 18.1 Å². The number of rotatable bonds is 5. The Morgan fingerprint density at radius 3 is 2.50 bits per heavy atom. The third-order valence-corrected chi connectivity index (χ3v) is 3.36. The van der Waals surface area contributed by atoms with Gasteiger partial charge in [-0.3, -0.25) is 9.59 Å². The molecule has 3 aromatic rings. The Balaban J connectivity index is 1.80. The molecule has 0 bridgehead atoms. The van der Waals surface area contributed by atoms with E-state index in [1.54, 1.807) is 48.5 Å². The second-order valence-corrected chi connectivity index (χ2v) is 5.15. The zero-order chi connectivity index (χ0) is 16.9. The monoisotopic (exact) mass is 321 g/mol. The third-order valence-electron chi connectivity index (χ3n) is 3.36. The van der Waals surface area contributed by atoms with Gasteiger partial charge in [0.05, 0.1) is 0 Å². The average Bonchev–Trinajstić information content (AvgIpc) is 2.60. The normalized spacial score (nSPS) is 10.4. The molecule has 0 saturated carbocycles. The van der Waals surface area contributed by atoms with Gasteiger partial charge in [-0.15, -0.1) is 0 Å². The molecule has 3 rings (SSSR count). The lowest BCUT2D eigenvalue weighted by Gasteiger charge is -2.08. The van der Waals surface area contributed by atoms with E-state index in [0.29, 0.717) is 22.7 Å². The minimum Gasteiger partial charge on any atom is -0.469 e. The molecule has 0 spiro atoms. The number of benzene rings is 2. The van der Waals surface area contributed by atoms with Gasteiger partial charge in [0.2, 0.25) is 5.88 Å². The first-order valence-corrected chi connectivity index (χ1v) is 7.43. The molecular formula is C19H15NO4. The number of Topliss-reactive ketones (excluding diaryl/α,β-unsaturated/α-hetero) is 1. The quantitative estimate of drug-likeness (QED) is 0.409. The molecule has 2 aromatic carbocycles. The summed E-state index contributed by atoms with van der Waals surface area (Å²) in [6.45, 7) is 1.22. The lowest BCUT2D eigenvalue weighted by atomic mass is 10.1. The highest BCUT2D eigenvalue weighted by atomic mass is 16.5. The Hall–Kier alpha value is -3.21. The van der Waals surface area contributed by atoms with Crippen molar-refractivity contribution in [3.63, 3.8) is 0 Å². The van der Waals surface area contributed by atoms with Gasteiger partial charge in [0.1, 0.15) is 5.52 Å². The van der Waals surface area contributed by atoms with E-state index in [0.717, 1.165) is 5.39 Å². The van der Waals surface area contributed by atoms with Crippen molar-refractivity contribution < 1.29 is 19.1 Å². The van der Waals surface area contributed by atoms with Crippen molar-refractivity contribution in [3.05, 3.63) is 66.2 Å². The van der Waals surface area contributed by atoms with Crippen molar-refractivity contribution in [3.8, 4) is 11.6 Å². The second-order valence-electron chi connectivity index (χ2n) is 5.15. The molecule has 5 heteroatoms. The van der Waals surface area contributed by atoms with Gasteiger partial charge in [-0.1, -0.05) is 42.5 Å². The zero-order valence-corrected chi connectivity index (χ0v) is 13.1. The van der Waals surface area contributed by atoms with Crippen LogP contribution in [-0.2, 0) is 4.79 Å². The molecule has 0 aliphatic heterocycles. The van der Waals surface area contributed by atoms with Crippen LogP contribution in [0.4, 0.5) is 0 Å². The van der Waals surface area contributed by atoms with Crippen molar-refractivity contribution in [1.29, 1.82) is 0 Å². The fourth-order valence-corrected chi connectivity index (χ4v) is 2.27. The lowest BCUT2D eigenvalue weighted by molar-refractivity contribution is -0.131. The first kappa shape index (κ1) is 15.7. The van der Waals surface area contributed by atoms with Crippen molar-refractivity contribution >= 4 is 22.7 Å². The van der Waals surface area contributed by atoms with Gasteiger partial charge in [-0.25, -0.2) is 4.98 Å². The average molecular weight is 321 g/mol. The number of nitrogens with zero attached hydrogens (tertiary/aromatic N) is 1. The minimum atomic E-state index is -0.421. The number of esters is 1. The highest BCUT2D eigenvalue weighted by molar-refractivity contribution is 5.97. The first-order valence-electron chi connectivity index (χ1n) is 7.43. The number of carbonyl (C=O) groups excluding carboxylic acids is 2. The topological polar surface area (TPSA) is 65.5 Å². The van der Waals surface area contributed by atoms with Crippen LogP contribution in [-0.4, -0.2) is 23.3 Å². The van der Waals surface area contributed by atoms with Crippen molar-refractivity contribution in [2.75, 3.05) is 6.61 Å². The molecule has 1 aromatic heterocycles. The molecule has 0 atom stereocenters. The Morgan fingerprint density at radius 2 is 1.75 bits per heavy atom. The van der Waals surface area contributed by atoms with Gasteiger partial charge in [0.25, 0.3) is 0 Å². The predicted molar refractivity (Wildman–Crippen MR) is 89.3 cm³/mol. The molecule has 0 aliphatic carbocycles. The number of para-hydroxylation sites is 1. The number of hydrogen-bond donors (Lipinski definition) is 0. The standard InChI is InChI=1S/C19H15NO4/c1-13(21)24-17-9-5-8-15-10-11-18(20-19(15)17)23-12-16(22)14-6-3-2-4-7-14/h2-11H,12H2,1H3. The Bertz CT molecular complexity index is 890. The maximum absolute atomic E-state index is 12.1. The second kappa shape index (κ2) is 6.91. The van der Waals surface area contributed by atoms with Crippen molar-refractivity contribution in [2.45, 2.75) is 6.92 Å². The van der Waals surface area contributed by atoms with Gasteiger partial charge in [0, 0.05) is 23.9 Å². The molecule has 120 valence electrons. The summed E-state index contributed by atoms with van der Waals surface area (Å²) in [7, 11) is 0. The van der Waals surface area contributed by atoms with Gasteiger partial charge < -0.3 is 9.47 Å². The molecule has 0 amide bonds. The molecular weight excluding hydrogens is 306 g/mol. The predicted octanol–water partition coefficient (Wildman–Crippen LogP) is 3.42. The van der Waals surface area contributed by atoms with E-state index in [1.165, 1.54) is 6.92 Å². The molecule has 0 saturated heterocycles. The molecule has 0 N–H and O–H groups in total. The molecule has 1 heterocycles. The summed E-state index contributed by atoms with van der Waals surface area (Å²) in [4.78, 5) is 27.6. The smallest absolute Gasteiger partial charge is 0.308 e. The molecule has 5 nitrogen and oxygen atoms in total. The van der Waals surface area contributed by atoms with Gasteiger partial charge in [-0.05, 0) is 12.1 Å². The number of hydrogen-bond acceptors (Lipinski definition) is 5. The zero-order valence-electron chi connectivity index (χ0n) is 13.1. The van der Waals surface area contributed by atoms with Crippen LogP contribution in [0.5, 0.6) is 11.6 Å². The summed E-state index contributed by atoms with van der Waals surface area (Å²) in [6.07, 6.45) is 0. The van der Waals surface area contributed by atoms with Crippen LogP contribution in [0.3, 0.4) is 0 Å². The summed E-state index contributed by atoms with van der Waals surface area (Å²) in [5, 5.41) is 0.815. The fraction of sp³-hybridized carbons (Fsp3) is 0.105. The number of carbonyl (C=O) groups is 2. The summed E-state index contributed by atoms with van der Waals surface area (Å²) in [5.74, 6) is 0.104. The highest BCUT2D eigenvalue weighted by Gasteiger charge is 2.10. The number of aromatic nitrogens is 1. The van der Waals surface area contributed by atoms with Crippen LogP contribution in [0.1, 0.15) is 17.3 Å². The lowest BCUT2D eigenvalue weighted by Crippen LogP contribution is -2.12. The van der Waals surface area contributed by atoms with Crippen LogP contribution >= 0.6 is 0 Å². The molecule has 0 fully saturated rings. The summed E-state index contributed by atoms with van der Waals surface area (Å²) in [6, 6.07) is 17.7. The summed E-state index contributed by atoms with van der Waals surface area (Å²) in [5.41, 5.74) is 1.09. The number of fused-ring (bicyclic) bond motifs is 1. The van der Waals surface area contributed by atoms with Gasteiger partial charge in [-0.2, -0.15) is 0 Å². The number of ketones is 1. The molecule has 0 unspecified atom stereocenters. The summed E-state index contributed by atoms with van der Waals surface area (Å²) >= 11 is 0. The third kappa shape index (κ3) is 3.57. The molecule has 0 radical (unpaired) electrons. The van der Waals surface area contributed by atoms with E-state index >= 15 is 0 Å². The maximum Gasteiger partial charge on any atom is 0.308 e. The summed E-state index contributed by atoms with van der Waals surface area (Å²) < 4.78 is 10.6. The first-order chi connectivity index (χ1) is 11.6. The van der Waals surface area contributed by atoms with Crippen molar-refractivity contribution in [1.82, 2.24) is 4.98 Å². The molecule has 24 heavy (non-hydrogen) atoms. The number of pyridine rings is 1. The van der Waals surface area contributed by atoms with Crippen LogP contribution < -0.4 is 9.47 Å².